The number of aliphatic carboxylic acids is 1. The number of hydrogen-bond acceptors (Lipinski definition) is 4. The Morgan fingerprint density at radius 1 is 1.29 bits per heavy atom. The zero-order chi connectivity index (χ0) is 15.9. The first-order valence-electron chi connectivity index (χ1n) is 6.97. The second kappa shape index (κ2) is 7.99. The molecule has 0 spiro atoms. The van der Waals surface area contributed by atoms with Gasteiger partial charge in [-0.05, 0) is 18.6 Å². The lowest BCUT2D eigenvalue weighted by Crippen LogP contribution is -2.27. The van der Waals surface area contributed by atoms with E-state index in [0.29, 0.717) is 18.7 Å². The Bertz CT molecular complexity index is 572. The van der Waals surface area contributed by atoms with Gasteiger partial charge in [0.15, 0.2) is 0 Å². The summed E-state index contributed by atoms with van der Waals surface area (Å²) in [7, 11) is -3.59. The second-order valence-corrected chi connectivity index (χ2v) is 6.46. The first-order valence-corrected chi connectivity index (χ1v) is 8.46. The summed E-state index contributed by atoms with van der Waals surface area (Å²) < 4.78 is 26.7. The van der Waals surface area contributed by atoms with E-state index < -0.39 is 16.0 Å². The molecule has 0 heterocycles. The van der Waals surface area contributed by atoms with Crippen molar-refractivity contribution >= 4 is 21.7 Å². The zero-order valence-electron chi connectivity index (χ0n) is 12.3. The molecule has 1 aromatic rings. The molecule has 21 heavy (non-hydrogen) atoms. The number of carbonyl (C=O) groups is 1. The van der Waals surface area contributed by atoms with Gasteiger partial charge in [-0.1, -0.05) is 32.4 Å². The standard InChI is InChI=1S/C14H22N2O4S/c1-3-7-11(10-14(17)18)16-12-8-5-6-9-13(12)21(19,20)15-4-2/h5-6,8-9,11,15-16H,3-4,7,10H2,1-2H3,(H,17,18). The molecule has 0 saturated heterocycles. The molecule has 0 bridgehead atoms. The molecule has 0 aromatic heterocycles. The van der Waals surface area contributed by atoms with E-state index >= 15 is 0 Å². The van der Waals surface area contributed by atoms with Crippen molar-refractivity contribution in [1.82, 2.24) is 4.72 Å². The predicted octanol–water partition coefficient (Wildman–Crippen LogP) is 2.04. The van der Waals surface area contributed by atoms with E-state index in [2.05, 4.69) is 10.0 Å². The van der Waals surface area contributed by atoms with Crippen LogP contribution >= 0.6 is 0 Å². The molecular weight excluding hydrogens is 292 g/mol. The van der Waals surface area contributed by atoms with Crippen LogP contribution in [0.25, 0.3) is 0 Å². The molecule has 0 aliphatic carbocycles. The van der Waals surface area contributed by atoms with Gasteiger partial charge in [-0.25, -0.2) is 13.1 Å². The Morgan fingerprint density at radius 3 is 2.52 bits per heavy atom. The van der Waals surface area contributed by atoms with Crippen molar-refractivity contribution in [3.05, 3.63) is 24.3 Å². The van der Waals surface area contributed by atoms with Crippen molar-refractivity contribution in [1.29, 1.82) is 0 Å². The van der Waals surface area contributed by atoms with Crippen LogP contribution in [0.5, 0.6) is 0 Å². The highest BCUT2D eigenvalue weighted by Gasteiger charge is 2.20. The van der Waals surface area contributed by atoms with Gasteiger partial charge < -0.3 is 10.4 Å². The number of nitrogens with one attached hydrogen (secondary N) is 2. The Balaban J connectivity index is 3.04. The Kier molecular flexibility index (Phi) is 6.64. The summed E-state index contributed by atoms with van der Waals surface area (Å²) in [5.74, 6) is -0.909. The molecule has 0 saturated carbocycles. The molecule has 1 aromatic carbocycles. The van der Waals surface area contributed by atoms with Gasteiger partial charge in [0.25, 0.3) is 0 Å². The molecule has 118 valence electrons. The highest BCUT2D eigenvalue weighted by molar-refractivity contribution is 7.89. The molecule has 0 aliphatic heterocycles. The van der Waals surface area contributed by atoms with Crippen molar-refractivity contribution in [2.45, 2.75) is 44.0 Å². The van der Waals surface area contributed by atoms with Crippen LogP contribution in [0.15, 0.2) is 29.2 Å². The van der Waals surface area contributed by atoms with Gasteiger partial charge in [-0.2, -0.15) is 0 Å². The molecular formula is C14H22N2O4S. The van der Waals surface area contributed by atoms with Gasteiger partial charge in [0.05, 0.1) is 12.1 Å². The van der Waals surface area contributed by atoms with Crippen molar-refractivity contribution < 1.29 is 18.3 Å². The average molecular weight is 314 g/mol. The highest BCUT2D eigenvalue weighted by atomic mass is 32.2. The van der Waals surface area contributed by atoms with Gasteiger partial charge in [-0.15, -0.1) is 0 Å². The molecule has 0 fully saturated rings. The van der Waals surface area contributed by atoms with Crippen LogP contribution in [0.3, 0.4) is 0 Å². The van der Waals surface area contributed by atoms with Crippen LogP contribution in [0, 0.1) is 0 Å². The molecule has 0 radical (unpaired) electrons. The smallest absolute Gasteiger partial charge is 0.305 e. The number of carboxylic acids is 1. The molecule has 1 rings (SSSR count). The Labute approximate surface area is 125 Å². The summed E-state index contributed by atoms with van der Waals surface area (Å²) in [4.78, 5) is 11.0. The third-order valence-corrected chi connectivity index (χ3v) is 4.53. The van der Waals surface area contributed by atoms with E-state index in [9.17, 15) is 13.2 Å². The lowest BCUT2D eigenvalue weighted by molar-refractivity contribution is -0.137. The predicted molar refractivity (Wildman–Crippen MR) is 81.9 cm³/mol. The summed E-state index contributed by atoms with van der Waals surface area (Å²) in [6.07, 6.45) is 1.42. The lowest BCUT2D eigenvalue weighted by Gasteiger charge is -2.20. The third-order valence-electron chi connectivity index (χ3n) is 2.93. The molecule has 0 aliphatic rings. The SMILES string of the molecule is CCCC(CC(=O)O)Nc1ccccc1S(=O)(=O)NCC. The van der Waals surface area contributed by atoms with Gasteiger partial charge in [0, 0.05) is 12.6 Å². The maximum atomic E-state index is 12.1. The highest BCUT2D eigenvalue weighted by Crippen LogP contribution is 2.23. The molecule has 3 N–H and O–H groups in total. The summed E-state index contributed by atoms with van der Waals surface area (Å²) in [6.45, 7) is 3.96. The zero-order valence-corrected chi connectivity index (χ0v) is 13.1. The van der Waals surface area contributed by atoms with Crippen LogP contribution < -0.4 is 10.0 Å². The van der Waals surface area contributed by atoms with Gasteiger partial charge in [-0.3, -0.25) is 4.79 Å². The summed E-state index contributed by atoms with van der Waals surface area (Å²) in [5, 5.41) is 12.0. The first-order chi connectivity index (χ1) is 9.90. The Morgan fingerprint density at radius 2 is 1.95 bits per heavy atom. The molecule has 7 heteroatoms. The fraction of sp³-hybridized carbons (Fsp3) is 0.500. The summed E-state index contributed by atoms with van der Waals surface area (Å²) in [5.41, 5.74) is 0.429. The minimum absolute atomic E-state index is 0.0522. The fourth-order valence-electron chi connectivity index (χ4n) is 2.09. The molecule has 1 unspecified atom stereocenters. The van der Waals surface area contributed by atoms with E-state index in [-0.39, 0.29) is 17.4 Å². The van der Waals surface area contributed by atoms with Gasteiger partial charge in [0.2, 0.25) is 10.0 Å². The number of para-hydroxylation sites is 1. The minimum atomic E-state index is -3.59. The number of hydrogen-bond donors (Lipinski definition) is 3. The van der Waals surface area contributed by atoms with Crippen LogP contribution in [0.1, 0.15) is 33.1 Å². The number of rotatable bonds is 9. The van der Waals surface area contributed by atoms with Crippen LogP contribution in [0.2, 0.25) is 0 Å². The lowest BCUT2D eigenvalue weighted by atomic mass is 10.1. The second-order valence-electron chi connectivity index (χ2n) is 4.73. The van der Waals surface area contributed by atoms with E-state index in [0.717, 1.165) is 6.42 Å². The largest absolute Gasteiger partial charge is 0.481 e. The van der Waals surface area contributed by atoms with Crippen LogP contribution in [-0.2, 0) is 14.8 Å². The normalized spacial score (nSPS) is 12.9. The number of sulfonamides is 1. The van der Waals surface area contributed by atoms with Crippen molar-refractivity contribution in [2.24, 2.45) is 0 Å². The fourth-order valence-corrected chi connectivity index (χ4v) is 3.30. The quantitative estimate of drug-likeness (QED) is 0.648. The topological polar surface area (TPSA) is 95.5 Å². The summed E-state index contributed by atoms with van der Waals surface area (Å²) >= 11 is 0. The summed E-state index contributed by atoms with van der Waals surface area (Å²) in [6, 6.07) is 6.21. The molecule has 1 atom stereocenters. The average Bonchev–Trinajstić information content (AvgIpc) is 2.38. The van der Waals surface area contributed by atoms with E-state index in [1.807, 2.05) is 6.92 Å². The van der Waals surface area contributed by atoms with Crippen molar-refractivity contribution in [3.63, 3.8) is 0 Å². The number of carboxylic acid groups (broad SMARTS) is 1. The van der Waals surface area contributed by atoms with Crippen LogP contribution in [0.4, 0.5) is 5.69 Å². The molecule has 6 nitrogen and oxygen atoms in total. The van der Waals surface area contributed by atoms with E-state index in [1.54, 1.807) is 25.1 Å². The van der Waals surface area contributed by atoms with E-state index in [4.69, 9.17) is 5.11 Å². The number of anilines is 1. The number of benzene rings is 1. The minimum Gasteiger partial charge on any atom is -0.481 e. The maximum Gasteiger partial charge on any atom is 0.305 e. The first kappa shape index (κ1) is 17.5. The van der Waals surface area contributed by atoms with Crippen molar-refractivity contribution in [3.8, 4) is 0 Å². The van der Waals surface area contributed by atoms with Crippen LogP contribution in [-0.4, -0.2) is 32.1 Å². The Hall–Kier alpha value is -1.60. The van der Waals surface area contributed by atoms with Gasteiger partial charge in [0.1, 0.15) is 4.90 Å². The molecule has 0 amide bonds. The third kappa shape index (κ3) is 5.35. The maximum absolute atomic E-state index is 12.1. The van der Waals surface area contributed by atoms with Gasteiger partial charge >= 0.3 is 5.97 Å². The van der Waals surface area contributed by atoms with Crippen molar-refractivity contribution in [2.75, 3.05) is 11.9 Å². The van der Waals surface area contributed by atoms with E-state index in [1.165, 1.54) is 6.07 Å². The monoisotopic (exact) mass is 314 g/mol.